The lowest BCUT2D eigenvalue weighted by Gasteiger charge is -2.28. The van der Waals surface area contributed by atoms with Crippen LogP contribution >= 0.6 is 0 Å². The molecule has 1 saturated carbocycles. The molecule has 1 rings (SSSR count). The van der Waals surface area contributed by atoms with E-state index in [2.05, 4.69) is 10.5 Å². The lowest BCUT2D eigenvalue weighted by Crippen LogP contribution is -2.37. The Bertz CT molecular complexity index is 222. The zero-order valence-electron chi connectivity index (χ0n) is 9.79. The van der Waals surface area contributed by atoms with Crippen LogP contribution in [0, 0.1) is 5.41 Å². The number of rotatable bonds is 6. The van der Waals surface area contributed by atoms with Crippen LogP contribution in [0.5, 0.6) is 0 Å². The molecule has 0 heterocycles. The summed E-state index contributed by atoms with van der Waals surface area (Å²) in [5, 5.41) is 15.2. The van der Waals surface area contributed by atoms with E-state index in [0.717, 1.165) is 25.4 Å². The maximum atomic E-state index is 8.61. The molecule has 1 aliphatic carbocycles. The van der Waals surface area contributed by atoms with E-state index in [-0.39, 0.29) is 5.41 Å². The first kappa shape index (κ1) is 12.3. The lowest BCUT2D eigenvalue weighted by molar-refractivity contribution is 0.301. The second-order valence-electron chi connectivity index (χ2n) is 5.05. The Labute approximate surface area is 91.9 Å². The number of amidine groups is 1. The van der Waals surface area contributed by atoms with Crippen molar-refractivity contribution in [2.24, 2.45) is 16.3 Å². The molecule has 0 unspecified atom stereocenters. The van der Waals surface area contributed by atoms with Crippen molar-refractivity contribution in [1.82, 2.24) is 5.32 Å². The van der Waals surface area contributed by atoms with Crippen LogP contribution in [0.4, 0.5) is 0 Å². The fraction of sp³-hybridized carbons (Fsp3) is 0.909. The molecule has 0 spiro atoms. The van der Waals surface area contributed by atoms with Gasteiger partial charge in [-0.3, -0.25) is 0 Å². The molecule has 1 aliphatic rings. The number of oxime groups is 1. The minimum absolute atomic E-state index is 0.198. The van der Waals surface area contributed by atoms with E-state index in [9.17, 15) is 0 Å². The first-order valence-corrected chi connectivity index (χ1v) is 5.77. The summed E-state index contributed by atoms with van der Waals surface area (Å²) in [6.07, 6.45) is 6.03. The largest absolute Gasteiger partial charge is 0.409 e. The molecular weight excluding hydrogens is 190 g/mol. The molecule has 88 valence electrons. The number of nitrogens with one attached hydrogen (secondary N) is 1. The number of nitrogens with two attached hydrogens (primary N) is 1. The molecule has 0 atom stereocenters. The number of nitrogens with zero attached hydrogens (tertiary/aromatic N) is 1. The molecule has 0 saturated heterocycles. The van der Waals surface area contributed by atoms with Gasteiger partial charge in [-0.15, -0.1) is 0 Å². The summed E-state index contributed by atoms with van der Waals surface area (Å²) < 4.78 is 0. The van der Waals surface area contributed by atoms with Gasteiger partial charge in [0.05, 0.1) is 0 Å². The Kier molecular flexibility index (Phi) is 4.39. The summed E-state index contributed by atoms with van der Waals surface area (Å²) in [6.45, 7) is 5.05. The van der Waals surface area contributed by atoms with Crippen molar-refractivity contribution in [2.45, 2.75) is 52.0 Å². The van der Waals surface area contributed by atoms with Crippen molar-refractivity contribution in [3.8, 4) is 0 Å². The Morgan fingerprint density at radius 1 is 1.53 bits per heavy atom. The molecule has 0 aromatic heterocycles. The maximum absolute atomic E-state index is 8.61. The Hall–Kier alpha value is -0.770. The van der Waals surface area contributed by atoms with Crippen LogP contribution in [0.1, 0.15) is 46.0 Å². The van der Waals surface area contributed by atoms with Gasteiger partial charge >= 0.3 is 0 Å². The van der Waals surface area contributed by atoms with E-state index in [4.69, 9.17) is 10.9 Å². The summed E-state index contributed by atoms with van der Waals surface area (Å²) in [5.41, 5.74) is 5.41. The van der Waals surface area contributed by atoms with E-state index in [1.165, 1.54) is 19.3 Å². The molecule has 4 N–H and O–H groups in total. The molecule has 4 nitrogen and oxygen atoms in total. The van der Waals surface area contributed by atoms with Crippen molar-refractivity contribution in [2.75, 3.05) is 6.54 Å². The zero-order chi connectivity index (χ0) is 11.3. The fourth-order valence-electron chi connectivity index (χ4n) is 1.71. The van der Waals surface area contributed by atoms with E-state index >= 15 is 0 Å². The van der Waals surface area contributed by atoms with Crippen LogP contribution < -0.4 is 11.1 Å². The average Bonchev–Trinajstić information content (AvgIpc) is 2.13. The lowest BCUT2D eigenvalue weighted by atomic mass is 9.86. The van der Waals surface area contributed by atoms with Gasteiger partial charge in [0.25, 0.3) is 0 Å². The van der Waals surface area contributed by atoms with Gasteiger partial charge in [-0.2, -0.15) is 0 Å². The normalized spacial score (nSPS) is 18.9. The molecule has 0 aromatic rings. The van der Waals surface area contributed by atoms with Crippen molar-refractivity contribution in [3.05, 3.63) is 0 Å². The third-order valence-corrected chi connectivity index (χ3v) is 3.32. The first-order valence-electron chi connectivity index (χ1n) is 5.77. The highest BCUT2D eigenvalue weighted by Gasteiger charge is 2.23. The van der Waals surface area contributed by atoms with Crippen LogP contribution in [-0.4, -0.2) is 23.6 Å². The smallest absolute Gasteiger partial charge is 0.144 e. The topological polar surface area (TPSA) is 70.6 Å². The van der Waals surface area contributed by atoms with Gasteiger partial charge in [-0.25, -0.2) is 0 Å². The van der Waals surface area contributed by atoms with E-state index in [1.54, 1.807) is 0 Å². The van der Waals surface area contributed by atoms with Crippen LogP contribution in [0.2, 0.25) is 0 Å². The van der Waals surface area contributed by atoms with Gasteiger partial charge in [-0.05, 0) is 32.2 Å². The highest BCUT2D eigenvalue weighted by atomic mass is 16.4. The van der Waals surface area contributed by atoms with Crippen molar-refractivity contribution in [3.63, 3.8) is 0 Å². The highest BCUT2D eigenvalue weighted by molar-refractivity contribution is 5.85. The van der Waals surface area contributed by atoms with Gasteiger partial charge in [0.1, 0.15) is 5.84 Å². The van der Waals surface area contributed by atoms with E-state index < -0.39 is 0 Å². The summed E-state index contributed by atoms with van der Waals surface area (Å²) in [6, 6.07) is 0.747. The minimum atomic E-state index is -0.198. The van der Waals surface area contributed by atoms with E-state index in [0.29, 0.717) is 5.84 Å². The molecular formula is C11H23N3O. The minimum Gasteiger partial charge on any atom is -0.409 e. The molecule has 15 heavy (non-hydrogen) atoms. The quantitative estimate of drug-likeness (QED) is 0.207. The van der Waals surface area contributed by atoms with Gasteiger partial charge in [0.2, 0.25) is 0 Å². The summed E-state index contributed by atoms with van der Waals surface area (Å²) in [7, 11) is 0. The SMILES string of the molecule is CC(C)(CCCNC1CCC1)C(N)=NO. The second kappa shape index (κ2) is 5.35. The highest BCUT2D eigenvalue weighted by Crippen LogP contribution is 2.22. The zero-order valence-corrected chi connectivity index (χ0v) is 9.79. The molecule has 0 bridgehead atoms. The first-order chi connectivity index (χ1) is 7.06. The summed E-state index contributed by atoms with van der Waals surface area (Å²) in [4.78, 5) is 0. The molecule has 4 heteroatoms. The standard InChI is InChI=1S/C11H23N3O/c1-11(2,10(12)14-15)7-4-8-13-9-5-3-6-9/h9,13,15H,3-8H2,1-2H3,(H2,12,14). The number of hydrogen-bond acceptors (Lipinski definition) is 3. The van der Waals surface area contributed by atoms with Gasteiger partial charge < -0.3 is 16.3 Å². The fourth-order valence-corrected chi connectivity index (χ4v) is 1.71. The van der Waals surface area contributed by atoms with Crippen LogP contribution in [-0.2, 0) is 0 Å². The number of hydrogen-bond donors (Lipinski definition) is 3. The van der Waals surface area contributed by atoms with E-state index in [1.807, 2.05) is 13.8 Å². The van der Waals surface area contributed by atoms with Crippen molar-refractivity contribution >= 4 is 5.84 Å². The predicted octanol–water partition coefficient (Wildman–Crippen LogP) is 1.68. The second-order valence-corrected chi connectivity index (χ2v) is 5.05. The third-order valence-electron chi connectivity index (χ3n) is 3.32. The van der Waals surface area contributed by atoms with Crippen LogP contribution in [0.15, 0.2) is 5.16 Å². The maximum Gasteiger partial charge on any atom is 0.144 e. The van der Waals surface area contributed by atoms with Gasteiger partial charge in [0, 0.05) is 11.5 Å². The molecule has 0 aliphatic heterocycles. The molecule has 1 fully saturated rings. The Morgan fingerprint density at radius 2 is 2.20 bits per heavy atom. The molecule has 0 aromatic carbocycles. The van der Waals surface area contributed by atoms with Crippen molar-refractivity contribution < 1.29 is 5.21 Å². The molecule has 0 amide bonds. The molecule has 0 radical (unpaired) electrons. The Balaban J connectivity index is 2.12. The van der Waals surface area contributed by atoms with Crippen LogP contribution in [0.3, 0.4) is 0 Å². The van der Waals surface area contributed by atoms with Crippen molar-refractivity contribution in [1.29, 1.82) is 0 Å². The monoisotopic (exact) mass is 213 g/mol. The van der Waals surface area contributed by atoms with Crippen LogP contribution in [0.25, 0.3) is 0 Å². The Morgan fingerprint density at radius 3 is 2.67 bits per heavy atom. The third kappa shape index (κ3) is 3.70. The van der Waals surface area contributed by atoms with Gasteiger partial charge in [-0.1, -0.05) is 25.4 Å². The predicted molar refractivity (Wildman–Crippen MR) is 62.1 cm³/mol. The summed E-state index contributed by atoms with van der Waals surface area (Å²) >= 11 is 0. The van der Waals surface area contributed by atoms with Gasteiger partial charge in [0.15, 0.2) is 0 Å². The summed E-state index contributed by atoms with van der Waals surface area (Å²) in [5.74, 6) is 0.325. The average molecular weight is 213 g/mol.